The Hall–Kier alpha value is -0.0700. The lowest BCUT2D eigenvalue weighted by Crippen LogP contribution is -2.10. The van der Waals surface area contributed by atoms with Gasteiger partial charge in [-0.15, -0.1) is 0 Å². The second-order valence-electron chi connectivity index (χ2n) is 2.97. The maximum Gasteiger partial charge on any atom is 0.106 e. The van der Waals surface area contributed by atoms with Crippen LogP contribution in [-0.4, -0.2) is 6.17 Å². The van der Waals surface area contributed by atoms with Crippen molar-refractivity contribution < 1.29 is 4.39 Å². The lowest BCUT2D eigenvalue weighted by molar-refractivity contribution is 0.279. The molecule has 0 aromatic carbocycles. The molecule has 8 heavy (non-hydrogen) atoms. The Labute approximate surface area is 49.1 Å². The molecule has 1 radical (unpaired) electrons. The maximum absolute atomic E-state index is 12.6. The van der Waals surface area contributed by atoms with Crippen LogP contribution in [0.4, 0.5) is 4.39 Å². The third-order valence-electron chi connectivity index (χ3n) is 2.42. The van der Waals surface area contributed by atoms with Gasteiger partial charge in [-0.05, 0) is 37.5 Å². The summed E-state index contributed by atoms with van der Waals surface area (Å²) in [5, 5.41) is 0. The van der Waals surface area contributed by atoms with Gasteiger partial charge in [-0.2, -0.15) is 0 Å². The minimum atomic E-state index is -0.547. The van der Waals surface area contributed by atoms with E-state index in [9.17, 15) is 4.39 Å². The first-order valence-electron chi connectivity index (χ1n) is 3.35. The van der Waals surface area contributed by atoms with Crippen LogP contribution >= 0.6 is 0 Å². The van der Waals surface area contributed by atoms with E-state index in [4.69, 9.17) is 0 Å². The number of hydrogen-bond acceptors (Lipinski definition) is 0. The largest absolute Gasteiger partial charge is 0.247 e. The number of halogens is 1. The second kappa shape index (κ2) is 1.46. The molecule has 3 unspecified atom stereocenters. The van der Waals surface area contributed by atoms with Gasteiger partial charge in [0.15, 0.2) is 0 Å². The number of hydrogen-bond donors (Lipinski definition) is 0. The highest BCUT2D eigenvalue weighted by Crippen LogP contribution is 2.45. The lowest BCUT2D eigenvalue weighted by atomic mass is 9.99. The van der Waals surface area contributed by atoms with Crippen LogP contribution in [-0.2, 0) is 0 Å². The first kappa shape index (κ1) is 4.78. The first-order chi connectivity index (χ1) is 3.86. The van der Waals surface area contributed by atoms with Crippen LogP contribution in [0.5, 0.6) is 0 Å². The molecule has 2 rings (SSSR count). The molecule has 0 nitrogen and oxygen atoms in total. The molecule has 1 heteroatoms. The summed E-state index contributed by atoms with van der Waals surface area (Å²) < 4.78 is 12.6. The van der Waals surface area contributed by atoms with Gasteiger partial charge >= 0.3 is 0 Å². The number of fused-ring (bicyclic) bond motifs is 2. The molecule has 2 saturated carbocycles. The second-order valence-corrected chi connectivity index (χ2v) is 2.97. The van der Waals surface area contributed by atoms with Crippen LogP contribution in [0.15, 0.2) is 0 Å². The lowest BCUT2D eigenvalue weighted by Gasteiger charge is -2.11. The van der Waals surface area contributed by atoms with E-state index in [-0.39, 0.29) is 0 Å². The summed E-state index contributed by atoms with van der Waals surface area (Å²) in [4.78, 5) is 0. The summed E-state index contributed by atoms with van der Waals surface area (Å²) in [5.41, 5.74) is 0. The molecule has 2 fully saturated rings. The van der Waals surface area contributed by atoms with Gasteiger partial charge in [0.25, 0.3) is 0 Å². The van der Waals surface area contributed by atoms with Crippen molar-refractivity contribution in [1.82, 2.24) is 0 Å². The van der Waals surface area contributed by atoms with Gasteiger partial charge in [-0.1, -0.05) is 0 Å². The monoisotopic (exact) mass is 113 g/mol. The van der Waals surface area contributed by atoms with E-state index in [1.165, 1.54) is 6.42 Å². The van der Waals surface area contributed by atoms with Crippen molar-refractivity contribution in [1.29, 1.82) is 0 Å². The zero-order valence-electron chi connectivity index (χ0n) is 4.81. The highest BCUT2D eigenvalue weighted by molar-refractivity contribution is 5.02. The molecule has 2 aliphatic carbocycles. The highest BCUT2D eigenvalue weighted by atomic mass is 19.1. The fourth-order valence-corrected chi connectivity index (χ4v) is 1.93. The average molecular weight is 113 g/mol. The van der Waals surface area contributed by atoms with Gasteiger partial charge in [0.1, 0.15) is 6.17 Å². The van der Waals surface area contributed by atoms with Gasteiger partial charge in [-0.25, -0.2) is 4.39 Å². The van der Waals surface area contributed by atoms with Crippen molar-refractivity contribution in [3.8, 4) is 0 Å². The Balaban J connectivity index is 2.11. The van der Waals surface area contributed by atoms with Gasteiger partial charge in [0, 0.05) is 0 Å². The molecular formula is C7H10F. The summed E-state index contributed by atoms with van der Waals surface area (Å²) in [6.07, 6.45) is 4.87. The van der Waals surface area contributed by atoms with E-state index < -0.39 is 6.17 Å². The van der Waals surface area contributed by atoms with Crippen molar-refractivity contribution in [2.45, 2.75) is 25.4 Å². The molecule has 0 amide bonds. The third-order valence-corrected chi connectivity index (χ3v) is 2.42. The van der Waals surface area contributed by atoms with Crippen molar-refractivity contribution in [3.05, 3.63) is 6.42 Å². The molecule has 3 atom stereocenters. The number of alkyl halides is 1. The first-order valence-corrected chi connectivity index (χ1v) is 3.35. The van der Waals surface area contributed by atoms with Crippen molar-refractivity contribution in [2.24, 2.45) is 11.8 Å². The van der Waals surface area contributed by atoms with Gasteiger partial charge in [-0.3, -0.25) is 0 Å². The van der Waals surface area contributed by atoms with E-state index in [0.29, 0.717) is 11.8 Å². The maximum atomic E-state index is 12.6. The fourth-order valence-electron chi connectivity index (χ4n) is 1.93. The van der Waals surface area contributed by atoms with Crippen LogP contribution in [0, 0.1) is 18.3 Å². The summed E-state index contributed by atoms with van der Waals surface area (Å²) in [6, 6.07) is 0. The molecular weight excluding hydrogens is 103 g/mol. The van der Waals surface area contributed by atoms with E-state index in [0.717, 1.165) is 12.8 Å². The SMILES string of the molecule is FC1[CH]C2CCC1C2. The zero-order chi connectivity index (χ0) is 5.56. The Kier molecular flexibility index (Phi) is 0.870. The van der Waals surface area contributed by atoms with Crippen molar-refractivity contribution in [2.75, 3.05) is 0 Å². The zero-order valence-corrected chi connectivity index (χ0v) is 4.81. The molecule has 2 aliphatic rings. The highest BCUT2D eigenvalue weighted by Gasteiger charge is 2.39. The predicted molar refractivity (Wildman–Crippen MR) is 30.0 cm³/mol. The molecule has 0 saturated heterocycles. The van der Waals surface area contributed by atoms with Crippen LogP contribution in [0.3, 0.4) is 0 Å². The summed E-state index contributed by atoms with van der Waals surface area (Å²) in [5.74, 6) is 1.06. The summed E-state index contributed by atoms with van der Waals surface area (Å²) in [6.45, 7) is 0. The van der Waals surface area contributed by atoms with E-state index in [2.05, 4.69) is 0 Å². The Morgan fingerprint density at radius 2 is 2.25 bits per heavy atom. The van der Waals surface area contributed by atoms with Crippen LogP contribution in [0.1, 0.15) is 19.3 Å². The topological polar surface area (TPSA) is 0 Å². The Morgan fingerprint density at radius 3 is 2.50 bits per heavy atom. The molecule has 0 N–H and O–H groups in total. The Bertz CT molecular complexity index is 98.6. The van der Waals surface area contributed by atoms with Crippen molar-refractivity contribution in [3.63, 3.8) is 0 Å². The quantitative estimate of drug-likeness (QED) is 0.450. The van der Waals surface area contributed by atoms with Crippen molar-refractivity contribution >= 4 is 0 Å². The molecule has 45 valence electrons. The normalized spacial score (nSPS) is 52.9. The fraction of sp³-hybridized carbons (Fsp3) is 0.857. The van der Waals surface area contributed by atoms with Crippen LogP contribution in [0.2, 0.25) is 0 Å². The molecule has 0 heterocycles. The smallest absolute Gasteiger partial charge is 0.106 e. The number of rotatable bonds is 0. The molecule has 0 aromatic rings. The molecule has 0 aliphatic heterocycles. The van der Waals surface area contributed by atoms with Gasteiger partial charge in [0.2, 0.25) is 0 Å². The predicted octanol–water partition coefficient (Wildman–Crippen LogP) is 1.96. The summed E-state index contributed by atoms with van der Waals surface area (Å²) >= 11 is 0. The van der Waals surface area contributed by atoms with Crippen LogP contribution in [0.25, 0.3) is 0 Å². The Morgan fingerprint density at radius 1 is 1.38 bits per heavy atom. The molecule has 0 aromatic heterocycles. The van der Waals surface area contributed by atoms with E-state index in [1.54, 1.807) is 0 Å². The minimum Gasteiger partial charge on any atom is -0.247 e. The minimum absolute atomic E-state index is 0.417. The standard InChI is InChI=1S/C7H10F/c8-7-4-5-1-2-6(7)3-5/h4-7H,1-3H2. The third kappa shape index (κ3) is 0.503. The molecule has 0 spiro atoms. The molecule has 2 bridgehead atoms. The van der Waals surface area contributed by atoms with Crippen LogP contribution < -0.4 is 0 Å². The van der Waals surface area contributed by atoms with Gasteiger partial charge in [0.05, 0.1) is 0 Å². The van der Waals surface area contributed by atoms with E-state index >= 15 is 0 Å². The summed E-state index contributed by atoms with van der Waals surface area (Å²) in [7, 11) is 0. The average Bonchev–Trinajstić information content (AvgIpc) is 2.23. The van der Waals surface area contributed by atoms with Gasteiger partial charge < -0.3 is 0 Å². The van der Waals surface area contributed by atoms with E-state index in [1.807, 2.05) is 6.42 Å².